The molecule has 2 aromatic heterocycles. The predicted molar refractivity (Wildman–Crippen MR) is 94.9 cm³/mol. The zero-order valence-electron chi connectivity index (χ0n) is 13.6. The Labute approximate surface area is 144 Å². The van der Waals surface area contributed by atoms with Gasteiger partial charge in [-0.15, -0.1) is 0 Å². The molecule has 6 nitrogen and oxygen atoms in total. The maximum absolute atomic E-state index is 12.6. The molecule has 0 spiro atoms. The van der Waals surface area contributed by atoms with E-state index in [-0.39, 0.29) is 5.91 Å². The van der Waals surface area contributed by atoms with Gasteiger partial charge in [0.2, 0.25) is 0 Å². The highest BCUT2D eigenvalue weighted by atomic mass is 16.2. The van der Waals surface area contributed by atoms with E-state index in [1.54, 1.807) is 18.1 Å². The molecule has 0 saturated heterocycles. The second kappa shape index (κ2) is 6.24. The Kier molecular flexibility index (Phi) is 3.78. The van der Waals surface area contributed by atoms with E-state index in [4.69, 9.17) is 0 Å². The first-order valence-electron chi connectivity index (χ1n) is 7.88. The minimum Gasteiger partial charge on any atom is -0.334 e. The number of nitrogens with zero attached hydrogens (tertiary/aromatic N) is 5. The van der Waals surface area contributed by atoms with Crippen molar-refractivity contribution in [2.45, 2.75) is 6.54 Å². The van der Waals surface area contributed by atoms with Gasteiger partial charge >= 0.3 is 0 Å². The molecule has 0 atom stereocenters. The minimum atomic E-state index is -0.201. The average Bonchev–Trinajstić information content (AvgIpc) is 2.67. The number of hydrogen-bond donors (Lipinski definition) is 0. The van der Waals surface area contributed by atoms with Gasteiger partial charge in [0.15, 0.2) is 0 Å². The third kappa shape index (κ3) is 3.01. The van der Waals surface area contributed by atoms with Crippen molar-refractivity contribution in [2.75, 3.05) is 7.05 Å². The molecule has 25 heavy (non-hydrogen) atoms. The standard InChI is InChI=1S/C19H15N5O/c1-24(12-13-10-20-14-6-2-4-8-16(14)22-13)19(25)18-11-21-15-7-3-5-9-17(15)23-18/h2-11H,12H2,1H3. The van der Waals surface area contributed by atoms with Gasteiger partial charge in [0, 0.05) is 7.05 Å². The van der Waals surface area contributed by atoms with Gasteiger partial charge in [-0.2, -0.15) is 0 Å². The quantitative estimate of drug-likeness (QED) is 0.578. The van der Waals surface area contributed by atoms with Crippen LogP contribution >= 0.6 is 0 Å². The van der Waals surface area contributed by atoms with Gasteiger partial charge in [-0.1, -0.05) is 24.3 Å². The second-order valence-electron chi connectivity index (χ2n) is 5.76. The third-order valence-corrected chi connectivity index (χ3v) is 3.91. The van der Waals surface area contributed by atoms with Gasteiger partial charge in [-0.05, 0) is 24.3 Å². The van der Waals surface area contributed by atoms with Crippen molar-refractivity contribution in [3.63, 3.8) is 0 Å². The van der Waals surface area contributed by atoms with Crippen LogP contribution in [-0.2, 0) is 6.54 Å². The van der Waals surface area contributed by atoms with Crippen LogP contribution in [0.5, 0.6) is 0 Å². The van der Waals surface area contributed by atoms with Gasteiger partial charge in [-0.3, -0.25) is 14.8 Å². The first kappa shape index (κ1) is 15.1. The van der Waals surface area contributed by atoms with Crippen LogP contribution in [0.25, 0.3) is 22.1 Å². The number of carbonyl (C=O) groups is 1. The number of amides is 1. The van der Waals surface area contributed by atoms with E-state index in [2.05, 4.69) is 19.9 Å². The number of fused-ring (bicyclic) bond motifs is 2. The van der Waals surface area contributed by atoms with Crippen LogP contribution < -0.4 is 0 Å². The molecular formula is C19H15N5O. The molecule has 0 fully saturated rings. The number of para-hydroxylation sites is 4. The largest absolute Gasteiger partial charge is 0.334 e. The average molecular weight is 329 g/mol. The van der Waals surface area contributed by atoms with Gasteiger partial charge in [-0.25, -0.2) is 9.97 Å². The summed E-state index contributed by atoms with van der Waals surface area (Å²) in [6, 6.07) is 15.1. The fourth-order valence-corrected chi connectivity index (χ4v) is 2.64. The van der Waals surface area contributed by atoms with E-state index < -0.39 is 0 Å². The van der Waals surface area contributed by atoms with Crippen LogP contribution in [0.3, 0.4) is 0 Å². The van der Waals surface area contributed by atoms with Crippen molar-refractivity contribution in [3.8, 4) is 0 Å². The van der Waals surface area contributed by atoms with Crippen LogP contribution in [0.2, 0.25) is 0 Å². The van der Waals surface area contributed by atoms with Gasteiger partial charge in [0.25, 0.3) is 5.91 Å². The van der Waals surface area contributed by atoms with Crippen molar-refractivity contribution in [1.29, 1.82) is 0 Å². The summed E-state index contributed by atoms with van der Waals surface area (Å²) < 4.78 is 0. The molecule has 4 rings (SSSR count). The monoisotopic (exact) mass is 329 g/mol. The summed E-state index contributed by atoms with van der Waals surface area (Å²) in [6.45, 7) is 0.352. The van der Waals surface area contributed by atoms with Gasteiger partial charge in [0.1, 0.15) is 5.69 Å². The number of carbonyl (C=O) groups excluding carboxylic acids is 1. The Morgan fingerprint density at radius 3 is 2.08 bits per heavy atom. The van der Waals surface area contributed by atoms with Crippen molar-refractivity contribution in [2.24, 2.45) is 0 Å². The number of rotatable bonds is 3. The van der Waals surface area contributed by atoms with Crippen LogP contribution in [0, 0.1) is 0 Å². The van der Waals surface area contributed by atoms with Crippen molar-refractivity contribution in [3.05, 3.63) is 72.3 Å². The smallest absolute Gasteiger partial charge is 0.274 e. The summed E-state index contributed by atoms with van der Waals surface area (Å²) in [4.78, 5) is 31.8. The van der Waals surface area contributed by atoms with E-state index >= 15 is 0 Å². The molecule has 1 amide bonds. The molecule has 4 aromatic rings. The van der Waals surface area contributed by atoms with E-state index in [1.165, 1.54) is 6.20 Å². The zero-order chi connectivity index (χ0) is 17.2. The highest BCUT2D eigenvalue weighted by molar-refractivity contribution is 5.93. The molecule has 0 unspecified atom stereocenters. The lowest BCUT2D eigenvalue weighted by Gasteiger charge is -2.16. The maximum Gasteiger partial charge on any atom is 0.274 e. The molecule has 0 aliphatic carbocycles. The molecule has 0 radical (unpaired) electrons. The normalized spacial score (nSPS) is 10.9. The fraction of sp³-hybridized carbons (Fsp3) is 0.105. The molecule has 2 heterocycles. The van der Waals surface area contributed by atoms with E-state index in [0.717, 1.165) is 22.2 Å². The van der Waals surface area contributed by atoms with Crippen molar-refractivity contribution >= 4 is 28.0 Å². The first-order chi connectivity index (χ1) is 12.2. The summed E-state index contributed by atoms with van der Waals surface area (Å²) >= 11 is 0. The molecule has 0 saturated carbocycles. The van der Waals surface area contributed by atoms with Gasteiger partial charge in [0.05, 0.1) is 46.7 Å². The Morgan fingerprint density at radius 1 is 0.840 bits per heavy atom. The summed E-state index contributed by atoms with van der Waals surface area (Å²) in [5.74, 6) is -0.201. The van der Waals surface area contributed by atoms with Crippen LogP contribution in [0.15, 0.2) is 60.9 Å². The molecule has 0 aliphatic heterocycles. The molecule has 6 heteroatoms. The maximum atomic E-state index is 12.6. The Balaban J connectivity index is 1.57. The SMILES string of the molecule is CN(Cc1cnc2ccccc2n1)C(=O)c1cnc2ccccc2n1. The summed E-state index contributed by atoms with van der Waals surface area (Å²) in [5.41, 5.74) is 4.15. The topological polar surface area (TPSA) is 71.9 Å². The Hall–Kier alpha value is -3.41. The lowest BCUT2D eigenvalue weighted by atomic mass is 10.2. The number of aromatic nitrogens is 4. The second-order valence-corrected chi connectivity index (χ2v) is 5.76. The highest BCUT2D eigenvalue weighted by Gasteiger charge is 2.15. The van der Waals surface area contributed by atoms with E-state index in [9.17, 15) is 4.79 Å². The summed E-state index contributed by atoms with van der Waals surface area (Å²) in [6.07, 6.45) is 3.20. The molecule has 0 aliphatic rings. The van der Waals surface area contributed by atoms with Crippen molar-refractivity contribution in [1.82, 2.24) is 24.8 Å². The first-order valence-corrected chi connectivity index (χ1v) is 7.88. The third-order valence-electron chi connectivity index (χ3n) is 3.91. The molecule has 2 aromatic carbocycles. The van der Waals surface area contributed by atoms with Crippen LogP contribution in [0.1, 0.15) is 16.2 Å². The predicted octanol–water partition coefficient (Wildman–Crippen LogP) is 2.85. The van der Waals surface area contributed by atoms with Crippen LogP contribution in [-0.4, -0.2) is 37.8 Å². The lowest BCUT2D eigenvalue weighted by Crippen LogP contribution is -2.27. The van der Waals surface area contributed by atoms with E-state index in [1.807, 2.05) is 48.5 Å². The van der Waals surface area contributed by atoms with Crippen LogP contribution in [0.4, 0.5) is 0 Å². The molecule has 0 bridgehead atoms. The zero-order valence-corrected chi connectivity index (χ0v) is 13.6. The molecule has 0 N–H and O–H groups in total. The van der Waals surface area contributed by atoms with Gasteiger partial charge < -0.3 is 4.90 Å². The summed E-state index contributed by atoms with van der Waals surface area (Å²) in [5, 5.41) is 0. The fourth-order valence-electron chi connectivity index (χ4n) is 2.64. The minimum absolute atomic E-state index is 0.201. The molecule has 122 valence electrons. The number of hydrogen-bond acceptors (Lipinski definition) is 5. The number of benzene rings is 2. The Morgan fingerprint density at radius 2 is 1.40 bits per heavy atom. The van der Waals surface area contributed by atoms with Crippen molar-refractivity contribution < 1.29 is 4.79 Å². The Bertz CT molecular complexity index is 1080. The van der Waals surface area contributed by atoms with E-state index in [0.29, 0.717) is 17.8 Å². The summed E-state index contributed by atoms with van der Waals surface area (Å²) in [7, 11) is 1.72. The highest BCUT2D eigenvalue weighted by Crippen LogP contribution is 2.12. The molecular weight excluding hydrogens is 314 g/mol. The lowest BCUT2D eigenvalue weighted by molar-refractivity contribution is 0.0777.